The van der Waals surface area contributed by atoms with E-state index >= 15 is 0 Å². The number of hydrogen-bond acceptors (Lipinski definition) is 3. The second-order valence-electron chi connectivity index (χ2n) is 6.94. The summed E-state index contributed by atoms with van der Waals surface area (Å²) in [6.45, 7) is 3.36. The smallest absolute Gasteiger partial charge is 0.319 e. The molecule has 1 fully saturated rings. The van der Waals surface area contributed by atoms with E-state index in [4.69, 9.17) is 4.74 Å². The topological polar surface area (TPSA) is 63.5 Å². The summed E-state index contributed by atoms with van der Waals surface area (Å²) in [7, 11) is 0. The van der Waals surface area contributed by atoms with Crippen molar-refractivity contribution in [1.29, 1.82) is 0 Å². The predicted molar refractivity (Wildman–Crippen MR) is 105 cm³/mol. The molecule has 1 aliphatic carbocycles. The van der Waals surface area contributed by atoms with Crippen LogP contribution in [0.2, 0.25) is 0 Å². The summed E-state index contributed by atoms with van der Waals surface area (Å²) in [5, 5.41) is 6.19. The molecule has 0 amide bonds. The van der Waals surface area contributed by atoms with E-state index in [0.717, 1.165) is 28.1 Å². The van der Waals surface area contributed by atoms with Crippen molar-refractivity contribution >= 4 is 5.96 Å². The van der Waals surface area contributed by atoms with Gasteiger partial charge in [0.15, 0.2) is 5.96 Å². The number of nitrogens with one attached hydrogen (secondary N) is 2. The van der Waals surface area contributed by atoms with Crippen LogP contribution >= 0.6 is 0 Å². The van der Waals surface area contributed by atoms with Crippen LogP contribution in [-0.2, 0) is 13.1 Å². The molecule has 0 spiro atoms. The van der Waals surface area contributed by atoms with Crippen molar-refractivity contribution < 1.29 is 13.5 Å². The van der Waals surface area contributed by atoms with Crippen LogP contribution in [0, 0.1) is 12.8 Å². The molecule has 28 heavy (non-hydrogen) atoms. The maximum absolute atomic E-state index is 12.9. The normalized spacial score (nSPS) is 14.4. The van der Waals surface area contributed by atoms with Crippen LogP contribution in [0.25, 0.3) is 0 Å². The second-order valence-corrected chi connectivity index (χ2v) is 6.94. The molecule has 1 aliphatic rings. The van der Waals surface area contributed by atoms with Gasteiger partial charge < -0.3 is 15.4 Å². The summed E-state index contributed by atoms with van der Waals surface area (Å²) in [4.78, 5) is 8.56. The molecular formula is C20H27F2N5O. The molecule has 3 rings (SSSR count). The fourth-order valence-corrected chi connectivity index (χ4v) is 2.75. The summed E-state index contributed by atoms with van der Waals surface area (Å²) < 4.78 is 32.7. The first kappa shape index (κ1) is 20.1. The standard InChI is InChI=1S/C20H27F2N5O/c1-3-23-20(26-12-18-24-8-9-27(18)19(21)22)25-11-16-7-4-14(2)10-17(16)28-13-15-5-6-15/h4,7-10,15,19H,3,5-6,11-13H2,1-2H3,(H2,23,25,26). The van der Waals surface area contributed by atoms with Crippen molar-refractivity contribution in [1.82, 2.24) is 20.2 Å². The zero-order valence-electron chi connectivity index (χ0n) is 16.3. The van der Waals surface area contributed by atoms with Crippen molar-refractivity contribution in [3.8, 4) is 5.75 Å². The Bertz CT molecular complexity index is 802. The van der Waals surface area contributed by atoms with Crippen LogP contribution in [0.1, 0.15) is 43.3 Å². The highest BCUT2D eigenvalue weighted by Gasteiger charge is 2.22. The van der Waals surface area contributed by atoms with Crippen LogP contribution in [0.5, 0.6) is 5.75 Å². The van der Waals surface area contributed by atoms with E-state index < -0.39 is 6.55 Å². The Morgan fingerprint density at radius 3 is 2.89 bits per heavy atom. The number of hydrogen-bond donors (Lipinski definition) is 2. The Balaban J connectivity index is 1.65. The van der Waals surface area contributed by atoms with Crippen LogP contribution in [0.4, 0.5) is 8.78 Å². The van der Waals surface area contributed by atoms with Crippen LogP contribution in [-0.4, -0.2) is 28.7 Å². The van der Waals surface area contributed by atoms with Crippen LogP contribution in [0.3, 0.4) is 0 Å². The van der Waals surface area contributed by atoms with Crippen LogP contribution in [0.15, 0.2) is 35.6 Å². The molecule has 2 N–H and O–H groups in total. The third kappa shape index (κ3) is 5.68. The van der Waals surface area contributed by atoms with Gasteiger partial charge in [-0.2, -0.15) is 8.78 Å². The average Bonchev–Trinajstić information content (AvgIpc) is 3.38. The van der Waals surface area contributed by atoms with Gasteiger partial charge in [-0.3, -0.25) is 4.57 Å². The lowest BCUT2D eigenvalue weighted by Gasteiger charge is -2.14. The number of benzene rings is 1. The maximum atomic E-state index is 12.9. The molecule has 1 aromatic heterocycles. The molecule has 152 valence electrons. The summed E-state index contributed by atoms with van der Waals surface area (Å²) in [5.74, 6) is 2.33. The van der Waals surface area contributed by atoms with Gasteiger partial charge in [-0.1, -0.05) is 12.1 Å². The van der Waals surface area contributed by atoms with E-state index in [1.54, 1.807) is 0 Å². The fourth-order valence-electron chi connectivity index (χ4n) is 2.75. The molecule has 6 nitrogen and oxygen atoms in total. The first-order valence-electron chi connectivity index (χ1n) is 9.61. The summed E-state index contributed by atoms with van der Waals surface area (Å²) in [6.07, 6.45) is 5.11. The van der Waals surface area contributed by atoms with Crippen LogP contribution < -0.4 is 15.4 Å². The average molecular weight is 391 g/mol. The number of aryl methyl sites for hydroxylation is 1. The molecule has 0 aliphatic heterocycles. The van der Waals surface area contributed by atoms with Gasteiger partial charge in [0.2, 0.25) is 0 Å². The monoisotopic (exact) mass is 391 g/mol. The summed E-state index contributed by atoms with van der Waals surface area (Å²) >= 11 is 0. The third-order valence-electron chi connectivity index (χ3n) is 4.52. The largest absolute Gasteiger partial charge is 0.493 e. The minimum absolute atomic E-state index is 0.155. The highest BCUT2D eigenvalue weighted by molar-refractivity contribution is 5.79. The maximum Gasteiger partial charge on any atom is 0.319 e. The number of guanidine groups is 1. The van der Waals surface area contributed by atoms with Crippen molar-refractivity contribution in [3.05, 3.63) is 47.5 Å². The first-order chi connectivity index (χ1) is 13.6. The highest BCUT2D eigenvalue weighted by atomic mass is 19.3. The molecule has 1 aromatic carbocycles. The van der Waals surface area contributed by atoms with Crippen molar-refractivity contribution in [3.63, 3.8) is 0 Å². The van der Waals surface area contributed by atoms with Gasteiger partial charge in [-0.05, 0) is 44.2 Å². The zero-order chi connectivity index (χ0) is 19.9. The van der Waals surface area contributed by atoms with E-state index in [-0.39, 0.29) is 12.4 Å². The van der Waals surface area contributed by atoms with E-state index in [0.29, 0.717) is 25.0 Å². The minimum atomic E-state index is -2.61. The SMILES string of the molecule is CCNC(=NCc1ccc(C)cc1OCC1CC1)NCc1nccn1C(F)F. The van der Waals surface area contributed by atoms with E-state index in [1.807, 2.05) is 32.0 Å². The molecule has 0 bridgehead atoms. The second kappa shape index (κ2) is 9.52. The molecule has 8 heteroatoms. The molecule has 1 heterocycles. The molecule has 0 saturated heterocycles. The Morgan fingerprint density at radius 2 is 2.18 bits per heavy atom. The minimum Gasteiger partial charge on any atom is -0.493 e. The Hall–Kier alpha value is -2.64. The number of imidazole rings is 1. The number of halogens is 2. The van der Waals surface area contributed by atoms with Gasteiger partial charge in [0.25, 0.3) is 0 Å². The number of rotatable bonds is 9. The Labute approximate surface area is 164 Å². The predicted octanol–water partition coefficient (Wildman–Crippen LogP) is 3.63. The quantitative estimate of drug-likeness (QED) is 0.506. The lowest BCUT2D eigenvalue weighted by atomic mass is 10.1. The van der Waals surface area contributed by atoms with Crippen molar-refractivity contribution in [2.45, 2.75) is 46.3 Å². The molecule has 0 atom stereocenters. The molecule has 0 radical (unpaired) electrons. The Morgan fingerprint density at radius 1 is 1.36 bits per heavy atom. The number of alkyl halides is 2. The number of ether oxygens (including phenoxy) is 1. The molecule has 0 unspecified atom stereocenters. The number of nitrogens with zero attached hydrogens (tertiary/aromatic N) is 3. The first-order valence-corrected chi connectivity index (χ1v) is 9.61. The van der Waals surface area contributed by atoms with Gasteiger partial charge in [-0.15, -0.1) is 0 Å². The lowest BCUT2D eigenvalue weighted by molar-refractivity contribution is 0.0668. The van der Waals surface area contributed by atoms with Gasteiger partial charge >= 0.3 is 6.55 Å². The summed E-state index contributed by atoms with van der Waals surface area (Å²) in [6, 6.07) is 6.09. The third-order valence-corrected chi connectivity index (χ3v) is 4.52. The van der Waals surface area contributed by atoms with Crippen molar-refractivity contribution in [2.75, 3.05) is 13.2 Å². The van der Waals surface area contributed by atoms with Gasteiger partial charge in [-0.25, -0.2) is 9.98 Å². The highest BCUT2D eigenvalue weighted by Crippen LogP contribution is 2.31. The number of aliphatic imine (C=N–C) groups is 1. The van der Waals surface area contributed by atoms with Gasteiger partial charge in [0.05, 0.1) is 19.7 Å². The van der Waals surface area contributed by atoms with Gasteiger partial charge in [0, 0.05) is 24.5 Å². The van der Waals surface area contributed by atoms with E-state index in [9.17, 15) is 8.78 Å². The lowest BCUT2D eigenvalue weighted by Crippen LogP contribution is -2.37. The Kier molecular flexibility index (Phi) is 6.84. The summed E-state index contributed by atoms with van der Waals surface area (Å²) in [5.41, 5.74) is 2.14. The van der Waals surface area contributed by atoms with E-state index in [2.05, 4.69) is 20.6 Å². The molecular weight excluding hydrogens is 364 g/mol. The van der Waals surface area contributed by atoms with Gasteiger partial charge in [0.1, 0.15) is 11.6 Å². The number of aromatic nitrogens is 2. The zero-order valence-corrected chi connectivity index (χ0v) is 16.3. The van der Waals surface area contributed by atoms with E-state index in [1.165, 1.54) is 25.2 Å². The van der Waals surface area contributed by atoms with Crippen molar-refractivity contribution in [2.24, 2.45) is 10.9 Å². The fraction of sp³-hybridized carbons (Fsp3) is 0.500. The molecule has 2 aromatic rings. The molecule has 1 saturated carbocycles.